The van der Waals surface area contributed by atoms with Crippen LogP contribution >= 0.6 is 0 Å². The number of rotatable bonds is 2. The number of anilines is 1. The van der Waals surface area contributed by atoms with Crippen LogP contribution in [-0.4, -0.2) is 5.91 Å². The molecule has 1 amide bonds. The van der Waals surface area contributed by atoms with E-state index in [0.717, 1.165) is 6.42 Å². The highest BCUT2D eigenvalue weighted by Crippen LogP contribution is 2.61. The molecule has 1 atom stereocenters. The number of hydrogen-bond donors (Lipinski definition) is 1. The van der Waals surface area contributed by atoms with Gasteiger partial charge in [-0.05, 0) is 48.9 Å². The fraction of sp³-hybridized carbons (Fsp3) is 0.533. The van der Waals surface area contributed by atoms with Crippen LogP contribution < -0.4 is 5.32 Å². The SMILES string of the molecule is O=C(Nc1ccc(F)cc1)C1CC12CCCCC2. The summed E-state index contributed by atoms with van der Waals surface area (Å²) >= 11 is 0. The van der Waals surface area contributed by atoms with Crippen LogP contribution in [0.3, 0.4) is 0 Å². The van der Waals surface area contributed by atoms with Crippen LogP contribution in [0.5, 0.6) is 0 Å². The van der Waals surface area contributed by atoms with Gasteiger partial charge < -0.3 is 5.32 Å². The Kier molecular flexibility index (Phi) is 2.84. The topological polar surface area (TPSA) is 29.1 Å². The van der Waals surface area contributed by atoms with Gasteiger partial charge in [0.25, 0.3) is 0 Å². The minimum absolute atomic E-state index is 0.114. The normalized spacial score (nSPS) is 24.8. The second-order valence-corrected chi connectivity index (χ2v) is 5.68. The average Bonchev–Trinajstić information content (AvgIpc) is 3.07. The van der Waals surface area contributed by atoms with Gasteiger partial charge >= 0.3 is 0 Å². The quantitative estimate of drug-likeness (QED) is 0.847. The summed E-state index contributed by atoms with van der Waals surface area (Å²) in [7, 11) is 0. The number of halogens is 1. The minimum atomic E-state index is -0.275. The Morgan fingerprint density at radius 1 is 1.17 bits per heavy atom. The van der Waals surface area contributed by atoms with Crippen LogP contribution in [0.1, 0.15) is 38.5 Å². The van der Waals surface area contributed by atoms with Crippen LogP contribution in [0.2, 0.25) is 0 Å². The Hall–Kier alpha value is -1.38. The Morgan fingerprint density at radius 3 is 2.50 bits per heavy atom. The van der Waals surface area contributed by atoms with Gasteiger partial charge in [-0.1, -0.05) is 19.3 Å². The predicted molar refractivity (Wildman–Crippen MR) is 68.7 cm³/mol. The maximum absolute atomic E-state index is 12.8. The van der Waals surface area contributed by atoms with Crippen LogP contribution in [-0.2, 0) is 4.79 Å². The first kappa shape index (κ1) is 11.7. The summed E-state index contributed by atoms with van der Waals surface area (Å²) in [6.45, 7) is 0. The zero-order valence-electron chi connectivity index (χ0n) is 10.4. The molecule has 0 aromatic heterocycles. The van der Waals surface area contributed by atoms with E-state index in [9.17, 15) is 9.18 Å². The van der Waals surface area contributed by atoms with E-state index in [4.69, 9.17) is 0 Å². The van der Waals surface area contributed by atoms with Gasteiger partial charge in [0.2, 0.25) is 5.91 Å². The van der Waals surface area contributed by atoms with Crippen molar-refractivity contribution in [3.8, 4) is 0 Å². The molecule has 2 aliphatic carbocycles. The lowest BCUT2D eigenvalue weighted by atomic mass is 9.84. The van der Waals surface area contributed by atoms with Gasteiger partial charge in [0, 0.05) is 11.6 Å². The molecule has 0 saturated heterocycles. The third kappa shape index (κ3) is 2.14. The molecule has 1 N–H and O–H groups in total. The molecule has 2 aliphatic rings. The number of hydrogen-bond acceptors (Lipinski definition) is 1. The third-order valence-corrected chi connectivity index (χ3v) is 4.47. The zero-order valence-corrected chi connectivity index (χ0v) is 10.4. The van der Waals surface area contributed by atoms with Crippen molar-refractivity contribution in [2.24, 2.45) is 11.3 Å². The summed E-state index contributed by atoms with van der Waals surface area (Å²) in [6, 6.07) is 5.98. The van der Waals surface area contributed by atoms with Crippen molar-refractivity contribution in [2.45, 2.75) is 38.5 Å². The molecule has 18 heavy (non-hydrogen) atoms. The fourth-order valence-corrected chi connectivity index (χ4v) is 3.29. The van der Waals surface area contributed by atoms with E-state index >= 15 is 0 Å². The fourth-order valence-electron chi connectivity index (χ4n) is 3.29. The molecule has 3 heteroatoms. The highest BCUT2D eigenvalue weighted by atomic mass is 19.1. The summed E-state index contributed by atoms with van der Waals surface area (Å²) in [5.74, 6) is 0.0227. The first-order valence-electron chi connectivity index (χ1n) is 6.76. The van der Waals surface area contributed by atoms with E-state index in [2.05, 4.69) is 5.32 Å². The number of amides is 1. The van der Waals surface area contributed by atoms with Gasteiger partial charge in [0.1, 0.15) is 5.82 Å². The first-order chi connectivity index (χ1) is 8.70. The lowest BCUT2D eigenvalue weighted by Crippen LogP contribution is -2.20. The molecule has 96 valence electrons. The minimum Gasteiger partial charge on any atom is -0.326 e. The summed E-state index contributed by atoms with van der Waals surface area (Å²) < 4.78 is 12.8. The molecule has 2 saturated carbocycles. The Morgan fingerprint density at radius 2 is 1.83 bits per heavy atom. The molecule has 2 nitrogen and oxygen atoms in total. The van der Waals surface area contributed by atoms with Gasteiger partial charge in [-0.15, -0.1) is 0 Å². The van der Waals surface area contributed by atoms with E-state index in [0.29, 0.717) is 11.1 Å². The van der Waals surface area contributed by atoms with Crippen molar-refractivity contribution in [2.75, 3.05) is 5.32 Å². The highest BCUT2D eigenvalue weighted by Gasteiger charge is 2.57. The molecule has 1 spiro atoms. The molecule has 0 aliphatic heterocycles. The standard InChI is InChI=1S/C15H18FNO/c16-11-4-6-12(7-5-11)17-14(18)13-10-15(13)8-2-1-3-9-15/h4-7,13H,1-3,8-10H2,(H,17,18). The van der Waals surface area contributed by atoms with Crippen molar-refractivity contribution in [3.63, 3.8) is 0 Å². The lowest BCUT2D eigenvalue weighted by Gasteiger charge is -2.22. The highest BCUT2D eigenvalue weighted by molar-refractivity contribution is 5.95. The smallest absolute Gasteiger partial charge is 0.228 e. The predicted octanol–water partition coefficient (Wildman–Crippen LogP) is 3.73. The molecular formula is C15H18FNO. The van der Waals surface area contributed by atoms with Crippen LogP contribution in [0.15, 0.2) is 24.3 Å². The average molecular weight is 247 g/mol. The van der Waals surface area contributed by atoms with Crippen molar-refractivity contribution in [3.05, 3.63) is 30.1 Å². The summed E-state index contributed by atoms with van der Waals surface area (Å²) in [5.41, 5.74) is 1.00. The van der Waals surface area contributed by atoms with Crippen molar-refractivity contribution in [1.82, 2.24) is 0 Å². The maximum Gasteiger partial charge on any atom is 0.228 e. The van der Waals surface area contributed by atoms with Crippen LogP contribution in [0, 0.1) is 17.2 Å². The van der Waals surface area contributed by atoms with Gasteiger partial charge in [0.15, 0.2) is 0 Å². The monoisotopic (exact) mass is 247 g/mol. The van der Waals surface area contributed by atoms with Gasteiger partial charge in [-0.3, -0.25) is 4.79 Å². The molecule has 1 unspecified atom stereocenters. The Bertz CT molecular complexity index is 448. The van der Waals surface area contributed by atoms with Crippen LogP contribution in [0.4, 0.5) is 10.1 Å². The van der Waals surface area contributed by atoms with Gasteiger partial charge in [-0.25, -0.2) is 4.39 Å². The van der Waals surface area contributed by atoms with E-state index in [1.165, 1.54) is 44.2 Å². The molecule has 2 fully saturated rings. The summed E-state index contributed by atoms with van der Waals surface area (Å²) in [5, 5.41) is 2.90. The second kappa shape index (κ2) is 4.38. The Balaban J connectivity index is 1.61. The third-order valence-electron chi connectivity index (χ3n) is 4.47. The van der Waals surface area contributed by atoms with Gasteiger partial charge in [-0.2, -0.15) is 0 Å². The Labute approximate surface area is 107 Å². The lowest BCUT2D eigenvalue weighted by molar-refractivity contribution is -0.118. The number of benzene rings is 1. The number of nitrogens with one attached hydrogen (secondary N) is 1. The van der Waals surface area contributed by atoms with Gasteiger partial charge in [0.05, 0.1) is 0 Å². The van der Waals surface area contributed by atoms with E-state index < -0.39 is 0 Å². The van der Waals surface area contributed by atoms with E-state index in [1.807, 2.05) is 0 Å². The first-order valence-corrected chi connectivity index (χ1v) is 6.76. The molecule has 0 heterocycles. The summed E-state index contributed by atoms with van der Waals surface area (Å²) in [6.07, 6.45) is 7.29. The summed E-state index contributed by atoms with van der Waals surface area (Å²) in [4.78, 5) is 12.1. The van der Waals surface area contributed by atoms with E-state index in [-0.39, 0.29) is 17.6 Å². The van der Waals surface area contributed by atoms with Crippen LogP contribution in [0.25, 0.3) is 0 Å². The molecule has 1 aromatic rings. The largest absolute Gasteiger partial charge is 0.326 e. The van der Waals surface area contributed by atoms with Crippen molar-refractivity contribution < 1.29 is 9.18 Å². The molecular weight excluding hydrogens is 229 g/mol. The van der Waals surface area contributed by atoms with Crippen molar-refractivity contribution >= 4 is 11.6 Å². The molecule has 3 rings (SSSR count). The molecule has 0 bridgehead atoms. The maximum atomic E-state index is 12.8. The van der Waals surface area contributed by atoms with E-state index in [1.54, 1.807) is 12.1 Å². The zero-order chi connectivity index (χ0) is 12.6. The number of carbonyl (C=O) groups excluding carboxylic acids is 1. The number of carbonyl (C=O) groups is 1. The molecule has 1 aromatic carbocycles. The van der Waals surface area contributed by atoms with Crippen molar-refractivity contribution in [1.29, 1.82) is 0 Å². The molecule has 0 radical (unpaired) electrons. The second-order valence-electron chi connectivity index (χ2n) is 5.68.